The number of likely N-dealkylation sites (tertiary alicyclic amines) is 1. The minimum Gasteiger partial charge on any atom is -0.369 e. The van der Waals surface area contributed by atoms with Crippen molar-refractivity contribution in [2.24, 2.45) is 0 Å². The summed E-state index contributed by atoms with van der Waals surface area (Å²) in [5, 5.41) is 6.96. The molecule has 2 aromatic heterocycles. The lowest BCUT2D eigenvalue weighted by molar-refractivity contribution is -0.121. The third kappa shape index (κ3) is 2.93. The number of hydrogen-bond donors (Lipinski definition) is 0. The maximum Gasteiger partial charge on any atom is 0.276 e. The first kappa shape index (κ1) is 16.2. The predicted molar refractivity (Wildman–Crippen MR) is 83.4 cm³/mol. The molecule has 0 bridgehead atoms. The third-order valence-electron chi connectivity index (χ3n) is 4.50. The fraction of sp³-hybridized carbons (Fsp3) is 0.571. The molecule has 0 unspecified atom stereocenters. The smallest absolute Gasteiger partial charge is 0.276 e. The molecule has 0 N–H and O–H groups in total. The van der Waals surface area contributed by atoms with Gasteiger partial charge in [-0.25, -0.2) is 13.4 Å². The highest BCUT2D eigenvalue weighted by Gasteiger charge is 2.54. The van der Waals surface area contributed by atoms with Crippen LogP contribution in [0.3, 0.4) is 0 Å². The minimum atomic E-state index is -3.36. The molecular formula is C14H17N5O5S. The first-order valence-corrected chi connectivity index (χ1v) is 9.49. The number of nitrogens with zero attached hydrogens (tertiary/aromatic N) is 5. The highest BCUT2D eigenvalue weighted by Crippen LogP contribution is 2.33. The van der Waals surface area contributed by atoms with Crippen molar-refractivity contribution in [1.29, 1.82) is 0 Å². The molecule has 134 valence electrons. The van der Waals surface area contributed by atoms with Gasteiger partial charge in [-0.1, -0.05) is 5.16 Å². The summed E-state index contributed by atoms with van der Waals surface area (Å²) in [4.78, 5) is 17.6. The summed E-state index contributed by atoms with van der Waals surface area (Å²) in [5.41, 5.74) is -0.610. The number of aromatic nitrogens is 4. The molecule has 1 amide bonds. The second kappa shape index (κ2) is 5.63. The molecule has 2 aromatic rings. The Morgan fingerprint density at radius 2 is 2.24 bits per heavy atom. The van der Waals surface area contributed by atoms with Crippen LogP contribution in [0.5, 0.6) is 0 Å². The van der Waals surface area contributed by atoms with Crippen LogP contribution in [-0.2, 0) is 21.1 Å². The maximum atomic E-state index is 12.6. The molecule has 2 fully saturated rings. The van der Waals surface area contributed by atoms with E-state index in [2.05, 4.69) is 15.2 Å². The van der Waals surface area contributed by atoms with Gasteiger partial charge in [0, 0.05) is 6.07 Å². The summed E-state index contributed by atoms with van der Waals surface area (Å²) in [5.74, 6) is 0.153. The van der Waals surface area contributed by atoms with Crippen LogP contribution < -0.4 is 0 Å². The Balaban J connectivity index is 1.40. The number of carbonyl (C=O) groups is 1. The predicted octanol–water partition coefficient (Wildman–Crippen LogP) is -0.717. The van der Waals surface area contributed by atoms with Crippen molar-refractivity contribution < 1.29 is 22.5 Å². The molecule has 25 heavy (non-hydrogen) atoms. The van der Waals surface area contributed by atoms with Crippen LogP contribution in [0.25, 0.3) is 0 Å². The van der Waals surface area contributed by atoms with E-state index in [1.807, 2.05) is 0 Å². The molecule has 10 nitrogen and oxygen atoms in total. The number of carbonyl (C=O) groups excluding carboxylic acids is 1. The van der Waals surface area contributed by atoms with E-state index in [1.165, 1.54) is 22.2 Å². The Labute approximate surface area is 143 Å². The SMILES string of the molecule is Cc1cc(C(=O)N2CC3(C2)CS(=O)(=O)[C@@H](Cn2cncn2)CO3)no1. The van der Waals surface area contributed by atoms with Crippen molar-refractivity contribution >= 4 is 15.7 Å². The highest BCUT2D eigenvalue weighted by atomic mass is 32.2. The number of rotatable bonds is 3. The third-order valence-corrected chi connectivity index (χ3v) is 6.73. The van der Waals surface area contributed by atoms with Gasteiger partial charge in [0.1, 0.15) is 29.3 Å². The van der Waals surface area contributed by atoms with E-state index in [4.69, 9.17) is 9.26 Å². The van der Waals surface area contributed by atoms with Crippen LogP contribution in [0.1, 0.15) is 16.2 Å². The van der Waals surface area contributed by atoms with Crippen molar-refractivity contribution in [2.75, 3.05) is 25.4 Å². The van der Waals surface area contributed by atoms with Crippen LogP contribution in [0.4, 0.5) is 0 Å². The fourth-order valence-electron chi connectivity index (χ4n) is 3.21. The number of hydrogen-bond acceptors (Lipinski definition) is 8. The van der Waals surface area contributed by atoms with Gasteiger partial charge in [-0.05, 0) is 6.92 Å². The van der Waals surface area contributed by atoms with E-state index in [1.54, 1.807) is 13.0 Å². The van der Waals surface area contributed by atoms with Gasteiger partial charge in [-0.2, -0.15) is 5.10 Å². The summed E-state index contributed by atoms with van der Waals surface area (Å²) in [6.07, 6.45) is 2.84. The van der Waals surface area contributed by atoms with E-state index < -0.39 is 20.7 Å². The zero-order valence-electron chi connectivity index (χ0n) is 13.5. The van der Waals surface area contributed by atoms with E-state index in [-0.39, 0.29) is 43.6 Å². The molecule has 2 saturated heterocycles. The quantitative estimate of drug-likeness (QED) is 0.697. The first-order valence-electron chi connectivity index (χ1n) is 7.77. The average molecular weight is 367 g/mol. The van der Waals surface area contributed by atoms with Gasteiger partial charge < -0.3 is 14.2 Å². The second-order valence-corrected chi connectivity index (χ2v) is 8.81. The van der Waals surface area contributed by atoms with E-state index in [0.29, 0.717) is 5.76 Å². The van der Waals surface area contributed by atoms with Gasteiger partial charge in [0.05, 0.1) is 32.0 Å². The summed E-state index contributed by atoms with van der Waals surface area (Å²) in [6.45, 7) is 2.44. The molecule has 0 saturated carbocycles. The van der Waals surface area contributed by atoms with Crippen molar-refractivity contribution in [3.05, 3.63) is 30.2 Å². The Morgan fingerprint density at radius 1 is 1.44 bits per heavy atom. The van der Waals surface area contributed by atoms with Crippen LogP contribution in [0.15, 0.2) is 23.2 Å². The normalized spacial score (nSPS) is 24.2. The van der Waals surface area contributed by atoms with Gasteiger partial charge >= 0.3 is 0 Å². The van der Waals surface area contributed by atoms with Crippen molar-refractivity contribution in [3.63, 3.8) is 0 Å². The van der Waals surface area contributed by atoms with Crippen molar-refractivity contribution in [1.82, 2.24) is 24.8 Å². The summed E-state index contributed by atoms with van der Waals surface area (Å²) < 4.78 is 37.4. The Hall–Kier alpha value is -2.27. The van der Waals surface area contributed by atoms with Crippen molar-refractivity contribution in [3.8, 4) is 0 Å². The van der Waals surface area contributed by atoms with E-state index >= 15 is 0 Å². The molecule has 4 rings (SSSR count). The maximum absolute atomic E-state index is 12.6. The zero-order valence-corrected chi connectivity index (χ0v) is 14.3. The second-order valence-electron chi connectivity index (χ2n) is 6.52. The zero-order chi connectivity index (χ0) is 17.7. The number of aryl methyl sites for hydroxylation is 1. The molecule has 2 aliphatic heterocycles. The van der Waals surface area contributed by atoms with Gasteiger partial charge in [0.15, 0.2) is 15.5 Å². The topological polar surface area (TPSA) is 120 Å². The molecule has 0 radical (unpaired) electrons. The number of ether oxygens (including phenoxy) is 1. The lowest BCUT2D eigenvalue weighted by Crippen LogP contribution is -2.70. The summed E-state index contributed by atoms with van der Waals surface area (Å²) in [7, 11) is -3.36. The van der Waals surface area contributed by atoms with Crippen LogP contribution in [0.2, 0.25) is 0 Å². The van der Waals surface area contributed by atoms with Crippen LogP contribution >= 0.6 is 0 Å². The molecule has 1 atom stereocenters. The molecule has 11 heteroatoms. The van der Waals surface area contributed by atoms with Gasteiger partial charge in [-0.15, -0.1) is 0 Å². The first-order chi connectivity index (χ1) is 11.9. The molecule has 0 aliphatic carbocycles. The number of sulfone groups is 1. The molecule has 1 spiro atoms. The van der Waals surface area contributed by atoms with Gasteiger partial charge in [-0.3, -0.25) is 9.48 Å². The minimum absolute atomic E-state index is 0.0767. The number of amides is 1. The van der Waals surface area contributed by atoms with Gasteiger partial charge in [0.2, 0.25) is 0 Å². The van der Waals surface area contributed by atoms with E-state index in [0.717, 1.165) is 0 Å². The highest BCUT2D eigenvalue weighted by molar-refractivity contribution is 7.92. The molecule has 0 aromatic carbocycles. The van der Waals surface area contributed by atoms with Crippen LogP contribution in [-0.4, -0.2) is 75.4 Å². The molecule has 4 heterocycles. The lowest BCUT2D eigenvalue weighted by atomic mass is 9.95. The average Bonchev–Trinajstić information content (AvgIpc) is 3.17. The van der Waals surface area contributed by atoms with E-state index in [9.17, 15) is 13.2 Å². The fourth-order valence-corrected chi connectivity index (χ4v) is 5.10. The Kier molecular flexibility index (Phi) is 3.65. The lowest BCUT2D eigenvalue weighted by Gasteiger charge is -2.51. The molecule has 2 aliphatic rings. The summed E-state index contributed by atoms with van der Waals surface area (Å²) in [6, 6.07) is 1.56. The standard InChI is InChI=1S/C14H17N5O5S/c1-10-2-12(17-24-10)13(20)18-5-14(6-18)7-25(21,22)11(4-23-14)3-19-9-15-8-16-19/h2,8-9,11H,3-7H2,1H3/t11-/m0/s1. The van der Waals surface area contributed by atoms with Crippen LogP contribution in [0, 0.1) is 6.92 Å². The monoisotopic (exact) mass is 367 g/mol. The Morgan fingerprint density at radius 3 is 2.84 bits per heavy atom. The molecular weight excluding hydrogens is 350 g/mol. The Bertz CT molecular complexity index is 885. The van der Waals surface area contributed by atoms with Crippen molar-refractivity contribution in [2.45, 2.75) is 24.3 Å². The largest absolute Gasteiger partial charge is 0.369 e. The van der Waals surface area contributed by atoms with Gasteiger partial charge in [0.25, 0.3) is 5.91 Å². The summed E-state index contributed by atoms with van der Waals surface area (Å²) >= 11 is 0.